The van der Waals surface area contributed by atoms with E-state index in [-0.39, 0.29) is 17.9 Å². The zero-order valence-corrected chi connectivity index (χ0v) is 16.9. The molecule has 4 rings (SSSR count). The van der Waals surface area contributed by atoms with Crippen molar-refractivity contribution in [3.05, 3.63) is 64.0 Å². The monoisotopic (exact) mass is 432 g/mol. The molecule has 1 saturated heterocycles. The smallest absolute Gasteiger partial charge is 0.121 e. The highest BCUT2D eigenvalue weighted by molar-refractivity contribution is 7.19. The van der Waals surface area contributed by atoms with Crippen molar-refractivity contribution in [3.63, 3.8) is 0 Å². The molecule has 0 radical (unpaired) electrons. The fraction of sp³-hybridized carbons (Fsp3) is 0.364. The quantitative estimate of drug-likeness (QED) is 0.357. The van der Waals surface area contributed by atoms with Crippen LogP contribution < -0.4 is 0 Å². The summed E-state index contributed by atoms with van der Waals surface area (Å²) in [5, 5.41) is 61.4. The Morgan fingerprint density at radius 1 is 0.900 bits per heavy atom. The Kier molecular flexibility index (Phi) is 6.08. The minimum absolute atomic E-state index is 0.205. The van der Waals surface area contributed by atoms with Crippen LogP contribution in [0.2, 0.25) is 0 Å². The van der Waals surface area contributed by atoms with Gasteiger partial charge in [0.25, 0.3) is 0 Å². The second kappa shape index (κ2) is 8.60. The van der Waals surface area contributed by atoms with Crippen LogP contribution in [-0.2, 0) is 17.8 Å². The van der Waals surface area contributed by atoms with Crippen LogP contribution in [0, 0.1) is 0 Å². The van der Waals surface area contributed by atoms with Crippen LogP contribution >= 0.6 is 11.3 Å². The molecule has 5 atom stereocenters. The van der Waals surface area contributed by atoms with Crippen LogP contribution in [0.15, 0.2) is 42.5 Å². The van der Waals surface area contributed by atoms with Crippen LogP contribution in [0.5, 0.6) is 5.75 Å². The van der Waals surface area contributed by atoms with Crippen LogP contribution in [0.25, 0.3) is 10.1 Å². The second-order valence-electron chi connectivity index (χ2n) is 7.51. The molecule has 0 saturated carbocycles. The highest BCUT2D eigenvalue weighted by Gasteiger charge is 2.44. The number of thiophene rings is 1. The number of rotatable bonds is 5. The predicted octanol–water partition coefficient (Wildman–Crippen LogP) is 1.20. The highest BCUT2D eigenvalue weighted by Crippen LogP contribution is 2.39. The Hall–Kier alpha value is -2.04. The van der Waals surface area contributed by atoms with Gasteiger partial charge in [-0.25, -0.2) is 0 Å². The lowest BCUT2D eigenvalue weighted by atomic mass is 9.88. The summed E-state index contributed by atoms with van der Waals surface area (Å²) in [6, 6.07) is 13.1. The number of aromatic hydroxyl groups is 1. The first-order chi connectivity index (χ1) is 14.4. The van der Waals surface area contributed by atoms with Crippen molar-refractivity contribution in [2.75, 3.05) is 6.61 Å². The van der Waals surface area contributed by atoms with E-state index < -0.39 is 37.1 Å². The van der Waals surface area contributed by atoms with Gasteiger partial charge in [0.2, 0.25) is 0 Å². The molecule has 1 aliphatic rings. The molecule has 0 unspecified atom stereocenters. The summed E-state index contributed by atoms with van der Waals surface area (Å²) >= 11 is 1.63. The molecule has 0 spiro atoms. The highest BCUT2D eigenvalue weighted by atomic mass is 32.1. The molecule has 30 heavy (non-hydrogen) atoms. The standard InChI is InChI=1S/C22H24O7S/c23-9-13-8-16(25)15(22-21(28)20(27)19(26)17(10-24)29-22)7-12(13)6-14-5-11-3-1-2-4-18(11)30-14/h1-5,7-8,17,19-28H,6,9-10H2/t17-,19-,20+,21-,22+/m1/s1. The molecule has 8 heteroatoms. The van der Waals surface area contributed by atoms with E-state index in [0.717, 1.165) is 20.5 Å². The first-order valence-corrected chi connectivity index (χ1v) is 10.5. The van der Waals surface area contributed by atoms with Crippen LogP contribution in [-0.4, -0.2) is 61.7 Å². The first-order valence-electron chi connectivity index (χ1n) is 9.66. The van der Waals surface area contributed by atoms with Gasteiger partial charge >= 0.3 is 0 Å². The average Bonchev–Trinajstić information content (AvgIpc) is 3.16. The van der Waals surface area contributed by atoms with Crippen LogP contribution in [0.1, 0.15) is 27.7 Å². The lowest BCUT2D eigenvalue weighted by Gasteiger charge is -2.40. The van der Waals surface area contributed by atoms with Crippen LogP contribution in [0.3, 0.4) is 0 Å². The summed E-state index contributed by atoms with van der Waals surface area (Å²) in [6.45, 7) is -0.825. The maximum Gasteiger partial charge on any atom is 0.121 e. The zero-order valence-electron chi connectivity index (χ0n) is 16.0. The molecule has 160 valence electrons. The van der Waals surface area contributed by atoms with Gasteiger partial charge < -0.3 is 35.4 Å². The van der Waals surface area contributed by atoms with Crippen molar-refractivity contribution in [2.45, 2.75) is 43.5 Å². The van der Waals surface area contributed by atoms with E-state index in [9.17, 15) is 30.6 Å². The van der Waals surface area contributed by atoms with Crippen molar-refractivity contribution in [2.24, 2.45) is 0 Å². The van der Waals surface area contributed by atoms with Gasteiger partial charge in [-0.05, 0) is 40.8 Å². The SMILES string of the molecule is OCc1cc(O)c([C@@H]2O[C@H](CO)[C@@H](O)[C@H](O)[C@H]2O)cc1Cc1cc2ccccc2s1. The number of hydrogen-bond donors (Lipinski definition) is 6. The molecular weight excluding hydrogens is 408 g/mol. The van der Waals surface area contributed by atoms with Crippen molar-refractivity contribution >= 4 is 21.4 Å². The Bertz CT molecular complexity index is 998. The van der Waals surface area contributed by atoms with Crippen LogP contribution in [0.4, 0.5) is 0 Å². The van der Waals surface area contributed by atoms with Gasteiger partial charge in [0.15, 0.2) is 0 Å². The maximum atomic E-state index is 10.5. The third-order valence-electron chi connectivity index (χ3n) is 5.56. The summed E-state index contributed by atoms with van der Waals surface area (Å²) in [5.41, 5.74) is 1.51. The van der Waals surface area contributed by atoms with E-state index >= 15 is 0 Å². The van der Waals surface area contributed by atoms with E-state index in [1.165, 1.54) is 6.07 Å². The summed E-state index contributed by atoms with van der Waals surface area (Å²) in [7, 11) is 0. The van der Waals surface area contributed by atoms with Crippen molar-refractivity contribution in [1.82, 2.24) is 0 Å². The molecule has 0 amide bonds. The number of ether oxygens (including phenoxy) is 1. The Balaban J connectivity index is 1.71. The molecular formula is C22H24O7S. The number of phenolic OH excluding ortho intramolecular Hbond substituents is 1. The Morgan fingerprint density at radius 3 is 2.37 bits per heavy atom. The average molecular weight is 432 g/mol. The van der Waals surface area contributed by atoms with Gasteiger partial charge in [-0.15, -0.1) is 11.3 Å². The first kappa shape index (κ1) is 21.2. The molecule has 1 aromatic heterocycles. The summed E-state index contributed by atoms with van der Waals surface area (Å²) < 4.78 is 6.74. The fourth-order valence-electron chi connectivity index (χ4n) is 3.91. The molecule has 0 bridgehead atoms. The number of aliphatic hydroxyl groups is 5. The lowest BCUT2D eigenvalue weighted by molar-refractivity contribution is -0.232. The molecule has 7 nitrogen and oxygen atoms in total. The summed E-state index contributed by atoms with van der Waals surface area (Å²) in [5.74, 6) is -0.205. The Morgan fingerprint density at radius 2 is 1.67 bits per heavy atom. The molecule has 2 aromatic carbocycles. The normalized spacial score (nSPS) is 26.9. The number of aliphatic hydroxyl groups excluding tert-OH is 5. The van der Waals surface area contributed by atoms with Crippen molar-refractivity contribution < 1.29 is 35.4 Å². The molecule has 0 aliphatic carbocycles. The Labute approximate surface area is 177 Å². The third-order valence-corrected chi connectivity index (χ3v) is 6.68. The van der Waals surface area contributed by atoms with Gasteiger partial charge in [-0.3, -0.25) is 0 Å². The molecule has 3 aromatic rings. The number of hydrogen-bond acceptors (Lipinski definition) is 8. The minimum Gasteiger partial charge on any atom is -0.508 e. The van der Waals surface area contributed by atoms with Gasteiger partial charge in [-0.1, -0.05) is 18.2 Å². The van der Waals surface area contributed by atoms with Crippen molar-refractivity contribution in [3.8, 4) is 5.75 Å². The largest absolute Gasteiger partial charge is 0.508 e. The lowest BCUT2D eigenvalue weighted by Crippen LogP contribution is -2.55. The zero-order chi connectivity index (χ0) is 21.4. The van der Waals surface area contributed by atoms with Gasteiger partial charge in [0, 0.05) is 21.6 Å². The predicted molar refractivity (Wildman–Crippen MR) is 111 cm³/mol. The molecule has 2 heterocycles. The van der Waals surface area contributed by atoms with Gasteiger partial charge in [0.05, 0.1) is 13.2 Å². The topological polar surface area (TPSA) is 131 Å². The number of phenols is 1. The molecule has 1 fully saturated rings. The summed E-state index contributed by atoms with van der Waals surface area (Å²) in [4.78, 5) is 1.07. The summed E-state index contributed by atoms with van der Waals surface area (Å²) in [6.07, 6.45) is -6.22. The number of benzene rings is 2. The van der Waals surface area contributed by atoms with Crippen molar-refractivity contribution in [1.29, 1.82) is 0 Å². The fourth-order valence-corrected chi connectivity index (χ4v) is 4.99. The second-order valence-corrected chi connectivity index (χ2v) is 8.68. The van der Waals surface area contributed by atoms with Gasteiger partial charge in [0.1, 0.15) is 36.3 Å². The van der Waals surface area contributed by atoms with Gasteiger partial charge in [-0.2, -0.15) is 0 Å². The van der Waals surface area contributed by atoms with E-state index in [2.05, 4.69) is 6.07 Å². The minimum atomic E-state index is -1.54. The van der Waals surface area contributed by atoms with E-state index in [1.54, 1.807) is 17.4 Å². The molecule has 1 aliphatic heterocycles. The van der Waals surface area contributed by atoms with E-state index in [4.69, 9.17) is 4.74 Å². The molecule has 6 N–H and O–H groups in total. The number of fused-ring (bicyclic) bond motifs is 1. The van der Waals surface area contributed by atoms with E-state index in [0.29, 0.717) is 12.0 Å². The van der Waals surface area contributed by atoms with E-state index in [1.807, 2.05) is 24.3 Å². The third kappa shape index (κ3) is 3.83. The maximum absolute atomic E-state index is 10.5.